The molecule has 0 saturated heterocycles. The van der Waals surface area contributed by atoms with E-state index in [1.165, 1.54) is 6.07 Å². The van der Waals surface area contributed by atoms with Crippen molar-refractivity contribution < 1.29 is 8.78 Å². The normalized spacial score (nSPS) is 13.3. The van der Waals surface area contributed by atoms with Gasteiger partial charge in [0.25, 0.3) is 0 Å². The zero-order valence-corrected chi connectivity index (χ0v) is 8.80. The van der Waals surface area contributed by atoms with Crippen molar-refractivity contribution in [2.45, 2.75) is 26.3 Å². The molecular formula is C12H13F2N. The summed E-state index contributed by atoms with van der Waals surface area (Å²) in [4.78, 5) is 0. The van der Waals surface area contributed by atoms with Crippen LogP contribution in [0.5, 0.6) is 0 Å². The molecule has 0 amide bonds. The van der Waals surface area contributed by atoms with E-state index in [9.17, 15) is 8.78 Å². The van der Waals surface area contributed by atoms with Gasteiger partial charge in [-0.25, -0.2) is 8.78 Å². The van der Waals surface area contributed by atoms with Crippen molar-refractivity contribution in [3.05, 3.63) is 36.0 Å². The molecule has 1 heterocycles. The first-order chi connectivity index (χ1) is 7.13. The van der Waals surface area contributed by atoms with E-state index in [1.54, 1.807) is 12.3 Å². The highest BCUT2D eigenvalue weighted by molar-refractivity contribution is 5.80. The van der Waals surface area contributed by atoms with Crippen molar-refractivity contribution in [1.82, 2.24) is 4.57 Å². The third-order valence-electron chi connectivity index (χ3n) is 2.80. The van der Waals surface area contributed by atoms with Gasteiger partial charge in [0.1, 0.15) is 11.6 Å². The molecule has 80 valence electrons. The van der Waals surface area contributed by atoms with E-state index in [1.807, 2.05) is 18.4 Å². The van der Waals surface area contributed by atoms with Gasteiger partial charge in [-0.2, -0.15) is 0 Å². The first-order valence-electron chi connectivity index (χ1n) is 5.09. The van der Waals surface area contributed by atoms with Crippen LogP contribution < -0.4 is 0 Å². The first kappa shape index (κ1) is 10.1. The summed E-state index contributed by atoms with van der Waals surface area (Å²) in [6.07, 6.45) is 2.72. The van der Waals surface area contributed by atoms with Crippen LogP contribution in [0.1, 0.15) is 26.3 Å². The maximum absolute atomic E-state index is 13.6. The third kappa shape index (κ3) is 1.62. The Morgan fingerprint density at radius 2 is 2.07 bits per heavy atom. The molecule has 3 heteroatoms. The van der Waals surface area contributed by atoms with Gasteiger partial charge in [0.2, 0.25) is 0 Å². The smallest absolute Gasteiger partial charge is 0.150 e. The molecule has 2 aromatic rings. The lowest BCUT2D eigenvalue weighted by atomic mass is 10.2. The molecule has 0 aliphatic heterocycles. The molecule has 0 spiro atoms. The highest BCUT2D eigenvalue weighted by Crippen LogP contribution is 2.25. The summed E-state index contributed by atoms with van der Waals surface area (Å²) in [5, 5.41) is 0.618. The van der Waals surface area contributed by atoms with Crippen molar-refractivity contribution in [2.75, 3.05) is 0 Å². The van der Waals surface area contributed by atoms with Gasteiger partial charge in [0.15, 0.2) is 0 Å². The van der Waals surface area contributed by atoms with E-state index >= 15 is 0 Å². The fourth-order valence-electron chi connectivity index (χ4n) is 1.78. The van der Waals surface area contributed by atoms with E-state index in [4.69, 9.17) is 0 Å². The monoisotopic (exact) mass is 209 g/mol. The van der Waals surface area contributed by atoms with Crippen LogP contribution in [0.2, 0.25) is 0 Å². The molecule has 1 unspecified atom stereocenters. The predicted octanol–water partition coefficient (Wildman–Crippen LogP) is 3.89. The molecule has 1 aromatic carbocycles. The van der Waals surface area contributed by atoms with Crippen molar-refractivity contribution in [3.63, 3.8) is 0 Å². The molecular weight excluding hydrogens is 196 g/mol. The summed E-state index contributed by atoms with van der Waals surface area (Å²) >= 11 is 0. The molecule has 0 N–H and O–H groups in total. The van der Waals surface area contributed by atoms with Gasteiger partial charge in [-0.1, -0.05) is 6.92 Å². The van der Waals surface area contributed by atoms with Gasteiger partial charge in [0, 0.05) is 23.7 Å². The maximum atomic E-state index is 13.6. The molecule has 0 saturated carbocycles. The summed E-state index contributed by atoms with van der Waals surface area (Å²) < 4.78 is 28.4. The molecule has 15 heavy (non-hydrogen) atoms. The van der Waals surface area contributed by atoms with E-state index in [2.05, 4.69) is 0 Å². The molecule has 1 aromatic heterocycles. The maximum Gasteiger partial charge on any atom is 0.150 e. The van der Waals surface area contributed by atoms with Crippen molar-refractivity contribution in [3.8, 4) is 0 Å². The second-order valence-corrected chi connectivity index (χ2v) is 3.81. The van der Waals surface area contributed by atoms with Gasteiger partial charge in [-0.3, -0.25) is 0 Å². The molecule has 0 bridgehead atoms. The van der Waals surface area contributed by atoms with Crippen LogP contribution in [-0.4, -0.2) is 4.57 Å². The van der Waals surface area contributed by atoms with Gasteiger partial charge in [0.05, 0.1) is 5.52 Å². The molecule has 0 fully saturated rings. The van der Waals surface area contributed by atoms with Crippen LogP contribution in [0.4, 0.5) is 8.78 Å². The molecule has 0 radical (unpaired) electrons. The lowest BCUT2D eigenvalue weighted by Gasteiger charge is -2.13. The van der Waals surface area contributed by atoms with Gasteiger partial charge in [-0.05, 0) is 25.5 Å². The van der Waals surface area contributed by atoms with Crippen molar-refractivity contribution >= 4 is 10.9 Å². The second-order valence-electron chi connectivity index (χ2n) is 3.81. The Morgan fingerprint density at radius 3 is 2.73 bits per heavy atom. The Balaban J connectivity index is 2.69. The third-order valence-corrected chi connectivity index (χ3v) is 2.80. The minimum absolute atomic E-state index is 0.225. The summed E-state index contributed by atoms with van der Waals surface area (Å²) in [7, 11) is 0. The standard InChI is InChI=1S/C12H13F2N/c1-3-8(2)15-5-4-9-6-10(13)7-11(14)12(9)15/h4-8H,3H2,1-2H3. The van der Waals surface area contributed by atoms with Crippen LogP contribution in [0.25, 0.3) is 10.9 Å². The molecule has 1 atom stereocenters. The van der Waals surface area contributed by atoms with Gasteiger partial charge >= 0.3 is 0 Å². The summed E-state index contributed by atoms with van der Waals surface area (Å²) in [5.41, 5.74) is 0.491. The number of nitrogens with zero attached hydrogens (tertiary/aromatic N) is 1. The topological polar surface area (TPSA) is 4.93 Å². The molecule has 1 nitrogen and oxygen atoms in total. The number of hydrogen-bond acceptors (Lipinski definition) is 0. The van der Waals surface area contributed by atoms with E-state index in [0.717, 1.165) is 12.5 Å². The minimum atomic E-state index is -0.526. The average molecular weight is 209 g/mol. The lowest BCUT2D eigenvalue weighted by molar-refractivity contribution is 0.532. The largest absolute Gasteiger partial charge is 0.342 e. The summed E-state index contributed by atoms with van der Waals surface area (Å²) in [5.74, 6) is -1.02. The van der Waals surface area contributed by atoms with Crippen LogP contribution in [-0.2, 0) is 0 Å². The minimum Gasteiger partial charge on any atom is -0.342 e. The van der Waals surface area contributed by atoms with Crippen molar-refractivity contribution in [1.29, 1.82) is 0 Å². The number of fused-ring (bicyclic) bond motifs is 1. The number of benzene rings is 1. The molecule has 2 rings (SSSR count). The van der Waals surface area contributed by atoms with E-state index < -0.39 is 11.6 Å². The quantitative estimate of drug-likeness (QED) is 0.707. The lowest BCUT2D eigenvalue weighted by Crippen LogP contribution is -2.03. The highest BCUT2D eigenvalue weighted by atomic mass is 19.1. The number of aromatic nitrogens is 1. The summed E-state index contributed by atoms with van der Waals surface area (Å²) in [6, 6.07) is 4.26. The van der Waals surface area contributed by atoms with Crippen LogP contribution >= 0.6 is 0 Å². The molecule has 0 aliphatic rings. The van der Waals surface area contributed by atoms with Crippen LogP contribution in [0.15, 0.2) is 24.4 Å². The highest BCUT2D eigenvalue weighted by Gasteiger charge is 2.11. The van der Waals surface area contributed by atoms with Crippen molar-refractivity contribution in [2.24, 2.45) is 0 Å². The molecule has 0 aliphatic carbocycles. The van der Waals surface area contributed by atoms with E-state index in [0.29, 0.717) is 10.9 Å². The second kappa shape index (κ2) is 3.65. The fraction of sp³-hybridized carbons (Fsp3) is 0.333. The Bertz CT molecular complexity index is 488. The summed E-state index contributed by atoms with van der Waals surface area (Å²) in [6.45, 7) is 4.06. The van der Waals surface area contributed by atoms with Gasteiger partial charge < -0.3 is 4.57 Å². The number of halogens is 2. The Hall–Kier alpha value is -1.38. The zero-order chi connectivity index (χ0) is 11.0. The Kier molecular flexibility index (Phi) is 2.47. The SMILES string of the molecule is CCC(C)n1ccc2cc(F)cc(F)c21. The Labute approximate surface area is 87.3 Å². The zero-order valence-electron chi connectivity index (χ0n) is 8.80. The Morgan fingerprint density at radius 1 is 1.33 bits per heavy atom. The first-order valence-corrected chi connectivity index (χ1v) is 5.09. The van der Waals surface area contributed by atoms with E-state index in [-0.39, 0.29) is 6.04 Å². The number of rotatable bonds is 2. The average Bonchev–Trinajstić information content (AvgIpc) is 2.60. The fourth-order valence-corrected chi connectivity index (χ4v) is 1.78. The number of hydrogen-bond donors (Lipinski definition) is 0. The van der Waals surface area contributed by atoms with Crippen LogP contribution in [0, 0.1) is 11.6 Å². The van der Waals surface area contributed by atoms with Crippen LogP contribution in [0.3, 0.4) is 0 Å². The predicted molar refractivity (Wildman–Crippen MR) is 56.9 cm³/mol. The van der Waals surface area contributed by atoms with Gasteiger partial charge in [-0.15, -0.1) is 0 Å².